The Morgan fingerprint density at radius 2 is 2.13 bits per heavy atom. The molecule has 0 aromatic carbocycles. The van der Waals surface area contributed by atoms with Crippen LogP contribution >= 0.6 is 11.6 Å². The van der Waals surface area contributed by atoms with Crippen molar-refractivity contribution in [2.24, 2.45) is 0 Å². The molecule has 1 N–H and O–H groups in total. The molecule has 0 saturated heterocycles. The second-order valence-corrected chi connectivity index (χ2v) is 4.41. The van der Waals surface area contributed by atoms with Crippen LogP contribution in [0, 0.1) is 6.92 Å². The fourth-order valence-corrected chi connectivity index (χ4v) is 1.62. The van der Waals surface area contributed by atoms with Crippen LogP contribution in [0.4, 0.5) is 5.82 Å². The third-order valence-electron chi connectivity index (χ3n) is 2.59. The Balaban J connectivity index is 2.25. The molecule has 4 heteroatoms. The van der Waals surface area contributed by atoms with E-state index in [4.69, 9.17) is 11.6 Å². The van der Waals surface area contributed by atoms with Crippen molar-refractivity contribution in [1.82, 2.24) is 9.97 Å². The highest BCUT2D eigenvalue weighted by molar-refractivity contribution is 6.30. The Morgan fingerprint density at radius 1 is 1.40 bits per heavy atom. The summed E-state index contributed by atoms with van der Waals surface area (Å²) in [6.07, 6.45) is 3.49. The van der Waals surface area contributed by atoms with E-state index in [0.717, 1.165) is 30.2 Å². The van der Waals surface area contributed by atoms with E-state index in [1.165, 1.54) is 12.8 Å². The van der Waals surface area contributed by atoms with Gasteiger partial charge in [-0.1, -0.05) is 18.5 Å². The molecule has 2 rings (SSSR count). The highest BCUT2D eigenvalue weighted by atomic mass is 35.5. The number of aromatic nitrogens is 2. The fraction of sp³-hybridized carbons (Fsp3) is 0.636. The Labute approximate surface area is 95.3 Å². The van der Waals surface area contributed by atoms with Gasteiger partial charge >= 0.3 is 0 Å². The highest BCUT2D eigenvalue weighted by Gasteiger charge is 2.27. The summed E-state index contributed by atoms with van der Waals surface area (Å²) in [7, 11) is 0. The first-order chi connectivity index (χ1) is 7.22. The lowest BCUT2D eigenvalue weighted by molar-refractivity contribution is 0.899. The Bertz CT molecular complexity index is 361. The van der Waals surface area contributed by atoms with Crippen LogP contribution in [-0.2, 0) is 0 Å². The fourth-order valence-electron chi connectivity index (χ4n) is 1.45. The van der Waals surface area contributed by atoms with Gasteiger partial charge in [0.15, 0.2) is 0 Å². The Kier molecular flexibility index (Phi) is 3.10. The molecule has 1 heterocycles. The summed E-state index contributed by atoms with van der Waals surface area (Å²) in [4.78, 5) is 8.84. The third kappa shape index (κ3) is 2.40. The third-order valence-corrected chi connectivity index (χ3v) is 2.96. The number of anilines is 1. The van der Waals surface area contributed by atoms with E-state index in [9.17, 15) is 0 Å². The maximum Gasteiger partial charge on any atom is 0.137 e. The van der Waals surface area contributed by atoms with Crippen LogP contribution in [0.1, 0.15) is 43.5 Å². The molecule has 1 aromatic heterocycles. The standard InChI is InChI=1S/C11H16ClN3/c1-3-6-13-10-7(2)9(12)14-11(15-10)8-4-5-8/h8H,3-6H2,1-2H3,(H,13,14,15). The molecule has 1 saturated carbocycles. The average molecular weight is 226 g/mol. The number of nitrogens with zero attached hydrogens (tertiary/aromatic N) is 2. The molecular formula is C11H16ClN3. The van der Waals surface area contributed by atoms with Gasteiger partial charge in [-0.25, -0.2) is 9.97 Å². The second-order valence-electron chi connectivity index (χ2n) is 4.05. The molecule has 1 fully saturated rings. The minimum absolute atomic E-state index is 0.547. The van der Waals surface area contributed by atoms with Crippen LogP contribution in [-0.4, -0.2) is 16.5 Å². The first-order valence-electron chi connectivity index (χ1n) is 5.50. The van der Waals surface area contributed by atoms with Crippen molar-refractivity contribution >= 4 is 17.4 Å². The van der Waals surface area contributed by atoms with Gasteiger partial charge in [-0.15, -0.1) is 0 Å². The van der Waals surface area contributed by atoms with Gasteiger partial charge < -0.3 is 5.32 Å². The topological polar surface area (TPSA) is 37.8 Å². The van der Waals surface area contributed by atoms with Crippen molar-refractivity contribution < 1.29 is 0 Å². The molecule has 82 valence electrons. The van der Waals surface area contributed by atoms with Crippen molar-refractivity contribution in [2.75, 3.05) is 11.9 Å². The molecule has 1 aliphatic rings. The van der Waals surface area contributed by atoms with Crippen LogP contribution in [0.5, 0.6) is 0 Å². The van der Waals surface area contributed by atoms with Gasteiger partial charge in [-0.3, -0.25) is 0 Å². The first-order valence-corrected chi connectivity index (χ1v) is 5.88. The normalized spacial score (nSPS) is 15.4. The van der Waals surface area contributed by atoms with E-state index < -0.39 is 0 Å². The molecule has 15 heavy (non-hydrogen) atoms. The number of nitrogens with one attached hydrogen (secondary N) is 1. The van der Waals surface area contributed by atoms with Gasteiger partial charge in [-0.2, -0.15) is 0 Å². The number of rotatable bonds is 4. The molecule has 1 aliphatic carbocycles. The smallest absolute Gasteiger partial charge is 0.137 e. The van der Waals surface area contributed by atoms with E-state index >= 15 is 0 Å². The molecular weight excluding hydrogens is 210 g/mol. The van der Waals surface area contributed by atoms with Crippen molar-refractivity contribution in [1.29, 1.82) is 0 Å². The predicted molar refractivity (Wildman–Crippen MR) is 62.5 cm³/mol. The highest BCUT2D eigenvalue weighted by Crippen LogP contribution is 2.39. The zero-order chi connectivity index (χ0) is 10.8. The van der Waals surface area contributed by atoms with E-state index in [-0.39, 0.29) is 0 Å². The van der Waals surface area contributed by atoms with Crippen LogP contribution < -0.4 is 5.32 Å². The Hall–Kier alpha value is -0.830. The summed E-state index contributed by atoms with van der Waals surface area (Å²) in [6, 6.07) is 0. The average Bonchev–Trinajstić information content (AvgIpc) is 3.03. The van der Waals surface area contributed by atoms with Gasteiger partial charge in [0.05, 0.1) is 0 Å². The zero-order valence-electron chi connectivity index (χ0n) is 9.18. The van der Waals surface area contributed by atoms with Crippen molar-refractivity contribution in [2.45, 2.75) is 39.0 Å². The maximum atomic E-state index is 6.08. The number of halogens is 1. The monoisotopic (exact) mass is 225 g/mol. The summed E-state index contributed by atoms with van der Waals surface area (Å²) in [5, 5.41) is 3.88. The summed E-state index contributed by atoms with van der Waals surface area (Å²) < 4.78 is 0. The van der Waals surface area contributed by atoms with Crippen LogP contribution in [0.2, 0.25) is 5.15 Å². The van der Waals surface area contributed by atoms with E-state index in [1.807, 2.05) is 6.92 Å². The molecule has 0 spiro atoms. The first kappa shape index (κ1) is 10.7. The summed E-state index contributed by atoms with van der Waals surface area (Å²) in [5.74, 6) is 2.35. The number of hydrogen-bond acceptors (Lipinski definition) is 3. The quantitative estimate of drug-likeness (QED) is 0.800. The van der Waals surface area contributed by atoms with Gasteiger partial charge in [0, 0.05) is 18.0 Å². The van der Waals surface area contributed by atoms with Crippen LogP contribution in [0.25, 0.3) is 0 Å². The lowest BCUT2D eigenvalue weighted by atomic mass is 10.3. The van der Waals surface area contributed by atoms with E-state index in [0.29, 0.717) is 11.1 Å². The van der Waals surface area contributed by atoms with Crippen LogP contribution in [0.3, 0.4) is 0 Å². The van der Waals surface area contributed by atoms with Gasteiger partial charge in [0.1, 0.15) is 16.8 Å². The lowest BCUT2D eigenvalue weighted by Crippen LogP contribution is -2.07. The van der Waals surface area contributed by atoms with Gasteiger partial charge in [-0.05, 0) is 26.2 Å². The minimum Gasteiger partial charge on any atom is -0.370 e. The molecule has 0 atom stereocenters. The lowest BCUT2D eigenvalue weighted by Gasteiger charge is -2.10. The SMILES string of the molecule is CCCNc1nc(C2CC2)nc(Cl)c1C. The van der Waals surface area contributed by atoms with E-state index in [1.54, 1.807) is 0 Å². The largest absolute Gasteiger partial charge is 0.370 e. The minimum atomic E-state index is 0.547. The maximum absolute atomic E-state index is 6.08. The molecule has 0 radical (unpaired) electrons. The predicted octanol–water partition coefficient (Wildman–Crippen LogP) is 3.14. The molecule has 0 unspecified atom stereocenters. The van der Waals surface area contributed by atoms with Crippen molar-refractivity contribution in [3.63, 3.8) is 0 Å². The molecule has 0 bridgehead atoms. The van der Waals surface area contributed by atoms with E-state index in [2.05, 4.69) is 22.2 Å². The van der Waals surface area contributed by atoms with Crippen molar-refractivity contribution in [3.8, 4) is 0 Å². The summed E-state index contributed by atoms with van der Waals surface area (Å²) in [5.41, 5.74) is 0.953. The summed E-state index contributed by atoms with van der Waals surface area (Å²) >= 11 is 6.08. The Morgan fingerprint density at radius 3 is 2.73 bits per heavy atom. The molecule has 3 nitrogen and oxygen atoms in total. The van der Waals surface area contributed by atoms with Gasteiger partial charge in [0.2, 0.25) is 0 Å². The van der Waals surface area contributed by atoms with Crippen LogP contribution in [0.15, 0.2) is 0 Å². The van der Waals surface area contributed by atoms with Crippen molar-refractivity contribution in [3.05, 3.63) is 16.5 Å². The molecule has 1 aromatic rings. The zero-order valence-corrected chi connectivity index (χ0v) is 9.93. The van der Waals surface area contributed by atoms with Gasteiger partial charge in [0.25, 0.3) is 0 Å². The second kappa shape index (κ2) is 4.35. The molecule has 0 aliphatic heterocycles. The number of hydrogen-bond donors (Lipinski definition) is 1. The summed E-state index contributed by atoms with van der Waals surface area (Å²) in [6.45, 7) is 5.02. The molecule has 0 amide bonds.